The normalized spacial score (nSPS) is 15.7. The molecule has 276 valence electrons. The predicted octanol–water partition coefficient (Wildman–Crippen LogP) is 5.33. The first kappa shape index (κ1) is 37.9. The van der Waals surface area contributed by atoms with Crippen LogP contribution in [0.3, 0.4) is 0 Å². The fourth-order valence-electron chi connectivity index (χ4n) is 6.04. The van der Waals surface area contributed by atoms with E-state index in [1.807, 2.05) is 44.0 Å². The maximum atomic E-state index is 14.5. The minimum absolute atomic E-state index is 0.0466. The van der Waals surface area contributed by atoms with E-state index >= 15 is 0 Å². The van der Waals surface area contributed by atoms with Gasteiger partial charge in [-0.25, -0.2) is 27.9 Å². The molecule has 0 aliphatic carbocycles. The zero-order valence-corrected chi connectivity index (χ0v) is 31.7. The lowest BCUT2D eigenvalue weighted by molar-refractivity contribution is 0.0509. The molecule has 2 aromatic carbocycles. The third kappa shape index (κ3) is 9.12. The number of aromatic nitrogens is 4. The number of aryl methyl sites for hydroxylation is 2. The second-order valence-electron chi connectivity index (χ2n) is 14.2. The van der Waals surface area contributed by atoms with Crippen LogP contribution >= 0.6 is 0 Å². The molecule has 0 fully saturated rings. The van der Waals surface area contributed by atoms with Crippen LogP contribution in [0.15, 0.2) is 65.8 Å². The molecule has 1 atom stereocenters. The predicted molar refractivity (Wildman–Crippen MR) is 198 cm³/mol. The van der Waals surface area contributed by atoms with Crippen molar-refractivity contribution >= 4 is 33.8 Å². The molecule has 15 heteroatoms. The van der Waals surface area contributed by atoms with Crippen molar-refractivity contribution in [3.63, 3.8) is 0 Å². The number of anilines is 2. The van der Waals surface area contributed by atoms with Crippen molar-refractivity contribution in [2.24, 2.45) is 5.41 Å². The zero-order chi connectivity index (χ0) is 37.8. The molecule has 0 radical (unpaired) electrons. The fraction of sp³-hybridized carbons (Fsp3) is 0.405. The van der Waals surface area contributed by atoms with Crippen LogP contribution in [0.4, 0.5) is 16.6 Å². The van der Waals surface area contributed by atoms with Gasteiger partial charge in [0.1, 0.15) is 12.4 Å². The highest BCUT2D eigenvalue weighted by atomic mass is 32.2. The van der Waals surface area contributed by atoms with E-state index in [4.69, 9.17) is 14.5 Å². The number of methoxy groups -OCH3 is 1. The highest BCUT2D eigenvalue weighted by molar-refractivity contribution is 7.92. The molecule has 5 rings (SSSR count). The van der Waals surface area contributed by atoms with Gasteiger partial charge >= 0.3 is 6.09 Å². The number of rotatable bonds is 8. The number of benzene rings is 2. The first-order valence-electron chi connectivity index (χ1n) is 16.9. The van der Waals surface area contributed by atoms with Crippen LogP contribution in [-0.4, -0.2) is 97.1 Å². The Balaban J connectivity index is 1.58. The van der Waals surface area contributed by atoms with Crippen LogP contribution in [0.25, 0.3) is 11.3 Å². The number of likely N-dealkylation sites (N-methyl/N-ethyl adjacent to an activating group) is 2. The lowest BCUT2D eigenvalue weighted by atomic mass is 9.87. The molecule has 4 aromatic rings. The van der Waals surface area contributed by atoms with E-state index in [9.17, 15) is 18.0 Å². The van der Waals surface area contributed by atoms with E-state index in [1.165, 1.54) is 30.2 Å². The third-order valence-corrected chi connectivity index (χ3v) is 10.0. The number of fused-ring (bicyclic) bond motifs is 4. The molecule has 1 aliphatic rings. The third-order valence-electron chi connectivity index (χ3n) is 8.68. The number of nitrogens with zero attached hydrogens (tertiary/aromatic N) is 7. The molecule has 3 heterocycles. The topological polar surface area (TPSA) is 160 Å². The van der Waals surface area contributed by atoms with Crippen molar-refractivity contribution in [3.8, 4) is 17.1 Å². The van der Waals surface area contributed by atoms with E-state index in [1.54, 1.807) is 36.5 Å². The Labute approximate surface area is 305 Å². The van der Waals surface area contributed by atoms with Gasteiger partial charge in [-0.15, -0.1) is 0 Å². The van der Waals surface area contributed by atoms with Crippen molar-refractivity contribution in [1.29, 1.82) is 0 Å². The van der Waals surface area contributed by atoms with E-state index in [-0.39, 0.29) is 40.9 Å². The van der Waals surface area contributed by atoms with Gasteiger partial charge in [-0.2, -0.15) is 4.98 Å². The number of hydrogen-bond acceptors (Lipinski definition) is 11. The van der Waals surface area contributed by atoms with E-state index in [0.29, 0.717) is 36.7 Å². The van der Waals surface area contributed by atoms with Crippen molar-refractivity contribution in [2.45, 2.75) is 58.5 Å². The van der Waals surface area contributed by atoms with Gasteiger partial charge in [0.25, 0.3) is 15.9 Å². The summed E-state index contributed by atoms with van der Waals surface area (Å²) in [4.78, 5) is 49.6. The molecular formula is C37H46N8O6S. The fourth-order valence-corrected chi connectivity index (χ4v) is 7.03. The van der Waals surface area contributed by atoms with Gasteiger partial charge in [-0.3, -0.25) is 9.78 Å². The Morgan fingerprint density at radius 1 is 1.02 bits per heavy atom. The summed E-state index contributed by atoms with van der Waals surface area (Å²) in [5.41, 5.74) is 3.69. The summed E-state index contributed by atoms with van der Waals surface area (Å²) in [5, 5.41) is 0. The quantitative estimate of drug-likeness (QED) is 0.250. The van der Waals surface area contributed by atoms with Gasteiger partial charge in [0.15, 0.2) is 0 Å². The van der Waals surface area contributed by atoms with E-state index in [0.717, 1.165) is 16.7 Å². The summed E-state index contributed by atoms with van der Waals surface area (Å²) in [7, 11) is 0.596. The van der Waals surface area contributed by atoms with Gasteiger partial charge in [0.05, 0.1) is 48.4 Å². The average Bonchev–Trinajstić information content (AvgIpc) is 3.09. The van der Waals surface area contributed by atoms with Crippen molar-refractivity contribution in [1.82, 2.24) is 29.7 Å². The largest absolute Gasteiger partial charge is 0.475 e. The van der Waals surface area contributed by atoms with Crippen LogP contribution in [0, 0.1) is 19.3 Å². The number of ether oxygens (including phenoxy) is 2. The number of amides is 2. The minimum atomic E-state index is -4.22. The first-order chi connectivity index (χ1) is 24.5. The molecule has 0 saturated carbocycles. The molecular weight excluding hydrogens is 685 g/mol. The molecule has 52 heavy (non-hydrogen) atoms. The van der Waals surface area contributed by atoms with Gasteiger partial charge in [0, 0.05) is 44.4 Å². The van der Waals surface area contributed by atoms with Gasteiger partial charge in [-0.1, -0.05) is 45.0 Å². The summed E-state index contributed by atoms with van der Waals surface area (Å²) < 4.78 is 41.1. The number of hydrogen-bond donors (Lipinski definition) is 1. The lowest BCUT2D eigenvalue weighted by Crippen LogP contribution is -2.45. The number of sulfonamides is 1. The molecule has 14 nitrogen and oxygen atoms in total. The maximum Gasteiger partial charge on any atom is 0.409 e. The molecule has 2 amide bonds. The SMILES string of the molecule is COC(=O)N(C)CCN(C)c1cncc(CN2C(=O)c3cccc(c3)S(=O)(=O)Nc3nc(cc(-c4c(C)cccc4C)n3)OC[C@H]2CC(C)(C)C)n1. The summed E-state index contributed by atoms with van der Waals surface area (Å²) in [5.74, 6) is 0.153. The maximum absolute atomic E-state index is 14.5. The molecule has 1 N–H and O–H groups in total. The number of nitrogens with one attached hydrogen (secondary N) is 1. The van der Waals surface area contributed by atoms with Gasteiger partial charge < -0.3 is 24.2 Å². The number of carbonyl (C=O) groups excluding carboxylic acids is 2. The van der Waals surface area contributed by atoms with Crippen molar-refractivity contribution in [3.05, 3.63) is 83.3 Å². The van der Waals surface area contributed by atoms with Gasteiger partial charge in [-0.05, 0) is 55.0 Å². The zero-order valence-electron chi connectivity index (χ0n) is 30.9. The molecule has 4 bridgehead atoms. The Kier molecular flexibility index (Phi) is 11.3. The van der Waals surface area contributed by atoms with Crippen molar-refractivity contribution < 1.29 is 27.5 Å². The second-order valence-corrected chi connectivity index (χ2v) is 15.8. The monoisotopic (exact) mass is 730 g/mol. The highest BCUT2D eigenvalue weighted by Crippen LogP contribution is 2.32. The molecule has 0 spiro atoms. The molecule has 2 aromatic heterocycles. The van der Waals surface area contributed by atoms with Crippen LogP contribution in [0.2, 0.25) is 0 Å². The summed E-state index contributed by atoms with van der Waals surface area (Å²) in [6, 6.07) is 13.0. The Morgan fingerprint density at radius 3 is 2.42 bits per heavy atom. The summed E-state index contributed by atoms with van der Waals surface area (Å²) in [6.07, 6.45) is 3.29. The highest BCUT2D eigenvalue weighted by Gasteiger charge is 2.32. The smallest absolute Gasteiger partial charge is 0.409 e. The lowest BCUT2D eigenvalue weighted by Gasteiger charge is -2.35. The molecule has 0 unspecified atom stereocenters. The number of carbonyl (C=O) groups is 2. The Bertz CT molecular complexity index is 2030. The summed E-state index contributed by atoms with van der Waals surface area (Å²) >= 11 is 0. The van der Waals surface area contributed by atoms with E-state index in [2.05, 4.69) is 40.4 Å². The van der Waals surface area contributed by atoms with Crippen LogP contribution < -0.4 is 14.4 Å². The molecule has 0 saturated heterocycles. The standard InChI is InChI=1S/C37H46N8O6S/c1-24-11-9-12-25(2)33(24)30-18-32-41-35(40-30)42-52(48,49)29-14-10-13-26(17-29)34(46)45(28(23-51-32)19-37(3,4)5)22-27-20-38-21-31(39-27)43(6)15-16-44(7)36(47)50-8/h9-14,17-18,20-21,28H,15-16,19,22-23H2,1-8H3,(H,40,41,42)/t28-/m1/s1. The second kappa shape index (κ2) is 15.5. The van der Waals surface area contributed by atoms with Crippen LogP contribution in [0.1, 0.15) is 54.4 Å². The van der Waals surface area contributed by atoms with Crippen LogP contribution in [-0.2, 0) is 21.3 Å². The minimum Gasteiger partial charge on any atom is -0.475 e. The summed E-state index contributed by atoms with van der Waals surface area (Å²) in [6.45, 7) is 11.1. The van der Waals surface area contributed by atoms with Crippen LogP contribution in [0.5, 0.6) is 5.88 Å². The average molecular weight is 731 g/mol. The van der Waals surface area contributed by atoms with Gasteiger partial charge in [0.2, 0.25) is 11.8 Å². The van der Waals surface area contributed by atoms with E-state index < -0.39 is 28.1 Å². The Morgan fingerprint density at radius 2 is 1.73 bits per heavy atom. The Hall–Kier alpha value is -5.31. The first-order valence-corrected chi connectivity index (χ1v) is 18.4. The van der Waals surface area contributed by atoms with Crippen molar-refractivity contribution in [2.75, 3.05) is 50.5 Å². The molecule has 1 aliphatic heterocycles.